The average molecular weight is 924 g/mol. The van der Waals surface area contributed by atoms with Crippen LogP contribution in [0.15, 0.2) is 36.4 Å². The zero-order valence-corrected chi connectivity index (χ0v) is 36.8. The van der Waals surface area contributed by atoms with Crippen LogP contribution in [-0.2, 0) is 26.2 Å². The lowest BCUT2D eigenvalue weighted by Gasteiger charge is -2.28. The van der Waals surface area contributed by atoms with Gasteiger partial charge < -0.3 is 29.9 Å². The number of benzene rings is 2. The topological polar surface area (TPSA) is 144 Å². The number of rotatable bonds is 6. The van der Waals surface area contributed by atoms with Crippen LogP contribution in [0.25, 0.3) is 11.3 Å². The van der Waals surface area contributed by atoms with E-state index in [1.54, 1.807) is 18.8 Å². The van der Waals surface area contributed by atoms with Gasteiger partial charge in [-0.15, -0.1) is 0 Å². The number of hydrogen-bond acceptors (Lipinski definition) is 10. The molecule has 6 aromatic rings. The summed E-state index contributed by atoms with van der Waals surface area (Å²) in [5.41, 5.74) is 7.88. The van der Waals surface area contributed by atoms with Gasteiger partial charge >= 0.3 is 0 Å². The summed E-state index contributed by atoms with van der Waals surface area (Å²) in [7, 11) is 0. The molecule has 10 rings (SSSR count). The van der Waals surface area contributed by atoms with Crippen molar-refractivity contribution in [3.05, 3.63) is 114 Å². The number of amides is 2. The molecule has 4 aromatic heterocycles. The van der Waals surface area contributed by atoms with Gasteiger partial charge in [0.25, 0.3) is 11.8 Å². The normalized spacial score (nSPS) is 20.6. The number of alkyl halides is 2. The van der Waals surface area contributed by atoms with Gasteiger partial charge in [-0.3, -0.25) is 9.59 Å². The van der Waals surface area contributed by atoms with Crippen LogP contribution in [0.1, 0.15) is 78.8 Å². The maximum atomic E-state index is 14.2. The smallest absolute Gasteiger partial charge is 0.258 e. The number of aromatic nitrogens is 6. The van der Waals surface area contributed by atoms with Crippen molar-refractivity contribution in [2.45, 2.75) is 91.3 Å². The number of aryl methyl sites for hydroxylation is 4. The van der Waals surface area contributed by atoms with E-state index < -0.39 is 36.2 Å². The summed E-state index contributed by atoms with van der Waals surface area (Å²) in [5, 5.41) is 16.2. The molecule has 2 amide bonds. The van der Waals surface area contributed by atoms with Crippen LogP contribution < -0.4 is 20.1 Å². The molecule has 336 valence electrons. The second kappa shape index (κ2) is 17.4. The molecule has 64 heavy (non-hydrogen) atoms. The molecule has 4 aliphatic heterocycles. The minimum Gasteiger partial charge on any atom is -0.486 e. The van der Waals surface area contributed by atoms with Gasteiger partial charge in [0.1, 0.15) is 47.7 Å². The van der Waals surface area contributed by atoms with Crippen LogP contribution in [0.3, 0.4) is 0 Å². The van der Waals surface area contributed by atoms with Crippen molar-refractivity contribution in [1.82, 2.24) is 49.6 Å². The van der Waals surface area contributed by atoms with Gasteiger partial charge in [-0.05, 0) is 77.9 Å². The number of piperidine rings is 2. The van der Waals surface area contributed by atoms with Gasteiger partial charge in [-0.25, -0.2) is 36.6 Å². The van der Waals surface area contributed by atoms with E-state index in [2.05, 4.69) is 30.8 Å². The molecule has 4 atom stereocenters. The number of ether oxygens (including phenoxy) is 2. The molecule has 2 saturated heterocycles. The highest BCUT2D eigenvalue weighted by atomic mass is 35.5. The highest BCUT2D eigenvalue weighted by molar-refractivity contribution is 6.32. The van der Waals surface area contributed by atoms with Crippen molar-refractivity contribution in [2.75, 3.05) is 26.2 Å². The first kappa shape index (κ1) is 43.7. The fourth-order valence-corrected chi connectivity index (χ4v) is 8.82. The molecule has 2 N–H and O–H groups in total. The largest absolute Gasteiger partial charge is 0.486 e. The van der Waals surface area contributed by atoms with Crippen LogP contribution >= 0.6 is 23.2 Å². The number of carbonyl (C=O) groups excluding carboxylic acids is 2. The minimum absolute atomic E-state index is 0.0555. The Labute approximate surface area is 374 Å². The number of halogens is 6. The van der Waals surface area contributed by atoms with Crippen molar-refractivity contribution < 1.29 is 36.6 Å². The molecule has 2 fully saturated rings. The summed E-state index contributed by atoms with van der Waals surface area (Å²) in [6.45, 7) is 10.1. The summed E-state index contributed by atoms with van der Waals surface area (Å²) in [5.74, 6) is -1.64. The van der Waals surface area contributed by atoms with Gasteiger partial charge in [-0.2, -0.15) is 10.2 Å². The molecule has 14 nitrogen and oxygen atoms in total. The first-order valence-electron chi connectivity index (χ1n) is 20.9. The number of carbonyl (C=O) groups is 2. The summed E-state index contributed by atoms with van der Waals surface area (Å²) in [6.07, 6.45) is -3.06. The third-order valence-electron chi connectivity index (χ3n) is 12.1. The molecule has 0 saturated carbocycles. The third kappa shape index (κ3) is 8.09. The maximum absolute atomic E-state index is 14.2. The fourth-order valence-electron chi connectivity index (χ4n) is 8.58. The predicted molar refractivity (Wildman–Crippen MR) is 228 cm³/mol. The van der Waals surface area contributed by atoms with Crippen molar-refractivity contribution >= 4 is 46.3 Å². The Balaban J connectivity index is 0.000000162. The summed E-state index contributed by atoms with van der Waals surface area (Å²) < 4.78 is 71.3. The molecule has 20 heteroatoms. The zero-order chi connectivity index (χ0) is 45.1. The number of fused-ring (bicyclic) bond motifs is 6. The van der Waals surface area contributed by atoms with E-state index in [4.69, 9.17) is 32.7 Å². The van der Waals surface area contributed by atoms with E-state index in [-0.39, 0.29) is 60.6 Å². The molecule has 4 aliphatic rings. The minimum atomic E-state index is -1.23. The standard InChI is InChI=1S/2C22H22ClF2N5O2/c2*1-11-20(23)12(2)30-21(27-11)15-9-29(10-17(15)28-30)22(31)14-4-3-13(24)7-19(14)32-18-5-6-26-8-16(18)25/h2*3-4,7,16,18,26H,5-6,8-10H2,1-2H3/t2*16-,18-/m10/s1. The van der Waals surface area contributed by atoms with Crippen molar-refractivity contribution in [3.8, 4) is 11.5 Å². The highest BCUT2D eigenvalue weighted by Crippen LogP contribution is 2.35. The van der Waals surface area contributed by atoms with Gasteiger partial charge in [-0.1, -0.05) is 23.2 Å². The molecule has 0 bridgehead atoms. The van der Waals surface area contributed by atoms with Crippen LogP contribution in [0.5, 0.6) is 11.5 Å². The van der Waals surface area contributed by atoms with Crippen LogP contribution in [0.2, 0.25) is 10.0 Å². The zero-order valence-electron chi connectivity index (χ0n) is 35.3. The Kier molecular flexibility index (Phi) is 11.9. The monoisotopic (exact) mass is 922 g/mol. The highest BCUT2D eigenvalue weighted by Gasteiger charge is 2.35. The Hall–Kier alpha value is -5.56. The molecule has 0 spiro atoms. The van der Waals surface area contributed by atoms with E-state index in [1.807, 2.05) is 27.7 Å². The Morgan fingerprint density at radius 3 is 1.45 bits per heavy atom. The first-order chi connectivity index (χ1) is 30.7. The van der Waals surface area contributed by atoms with Crippen molar-refractivity contribution in [2.24, 2.45) is 0 Å². The molecule has 8 heterocycles. The molecule has 0 aliphatic carbocycles. The SMILES string of the molecule is Cc1nc2c3c(nn2c(C)c1Cl)CN(C(=O)c1ccc(F)cc1O[C@@H]1CCNC[C@H]1F)C3.Cc1nc2c3c(nn2c(C)c1Cl)CN(C(=O)c1ccc(F)cc1O[C@H]1CCNC[C@@H]1F)C3. The molecular weight excluding hydrogens is 879 g/mol. The number of nitrogens with one attached hydrogen (secondary N) is 2. The fraction of sp³-hybridized carbons (Fsp3) is 0.409. The molecular formula is C44H44Cl2F4N10O4. The Morgan fingerprint density at radius 1 is 0.656 bits per heavy atom. The van der Waals surface area contributed by atoms with Crippen LogP contribution in [0, 0.1) is 39.3 Å². The number of hydrogen-bond donors (Lipinski definition) is 2. The third-order valence-corrected chi connectivity index (χ3v) is 13.2. The van der Waals surface area contributed by atoms with E-state index in [9.17, 15) is 27.2 Å². The lowest BCUT2D eigenvalue weighted by atomic mass is 10.1. The second-order valence-electron chi connectivity index (χ2n) is 16.4. The van der Waals surface area contributed by atoms with E-state index >= 15 is 0 Å². The molecule has 2 aromatic carbocycles. The Morgan fingerprint density at radius 2 is 1.06 bits per heavy atom. The first-order valence-corrected chi connectivity index (χ1v) is 21.7. The van der Waals surface area contributed by atoms with E-state index in [1.165, 1.54) is 24.3 Å². The lowest BCUT2D eigenvalue weighted by molar-refractivity contribution is 0.0653. The summed E-state index contributed by atoms with van der Waals surface area (Å²) >= 11 is 12.6. The average Bonchev–Trinajstić information content (AvgIpc) is 4.05. The Bertz CT molecular complexity index is 2650. The number of nitrogens with zero attached hydrogens (tertiary/aromatic N) is 8. The van der Waals surface area contributed by atoms with E-state index in [0.717, 1.165) is 46.0 Å². The molecule has 0 radical (unpaired) electrons. The van der Waals surface area contributed by atoms with Gasteiger partial charge in [0.2, 0.25) is 0 Å². The second-order valence-corrected chi connectivity index (χ2v) is 17.2. The van der Waals surface area contributed by atoms with Gasteiger partial charge in [0.05, 0.1) is 81.5 Å². The lowest BCUT2D eigenvalue weighted by Crippen LogP contribution is -2.44. The maximum Gasteiger partial charge on any atom is 0.258 e. The van der Waals surface area contributed by atoms with E-state index in [0.29, 0.717) is 71.7 Å². The van der Waals surface area contributed by atoms with Crippen molar-refractivity contribution in [3.63, 3.8) is 0 Å². The summed E-state index contributed by atoms with van der Waals surface area (Å²) in [6, 6.07) is 7.47. The van der Waals surface area contributed by atoms with Crippen LogP contribution in [-0.4, -0.2) is 102 Å². The quantitative estimate of drug-likeness (QED) is 0.173. The van der Waals surface area contributed by atoms with Crippen molar-refractivity contribution in [1.29, 1.82) is 0 Å². The predicted octanol–water partition coefficient (Wildman–Crippen LogP) is 6.75. The van der Waals surface area contributed by atoms with Gasteiger partial charge in [0, 0.05) is 36.3 Å². The van der Waals surface area contributed by atoms with Crippen LogP contribution in [0.4, 0.5) is 17.6 Å². The molecule has 0 unspecified atom stereocenters. The van der Waals surface area contributed by atoms with Gasteiger partial charge in [0.15, 0.2) is 11.3 Å². The summed E-state index contributed by atoms with van der Waals surface area (Å²) in [4.78, 5) is 39.0.